The Hall–Kier alpha value is -0.570. The van der Waals surface area contributed by atoms with E-state index in [-0.39, 0.29) is 5.91 Å². The molecule has 1 unspecified atom stereocenters. The number of nitrogens with zero attached hydrogens (tertiary/aromatic N) is 1. The van der Waals surface area contributed by atoms with Crippen molar-refractivity contribution in [3.8, 4) is 0 Å². The van der Waals surface area contributed by atoms with Crippen LogP contribution in [0.4, 0.5) is 0 Å². The number of rotatable bonds is 1. The fourth-order valence-corrected chi connectivity index (χ4v) is 6.90. The summed E-state index contributed by atoms with van der Waals surface area (Å²) in [5.41, 5.74) is 0.435. The van der Waals surface area contributed by atoms with Gasteiger partial charge in [-0.2, -0.15) is 0 Å². The van der Waals surface area contributed by atoms with Crippen LogP contribution >= 0.6 is 0 Å². The van der Waals surface area contributed by atoms with Gasteiger partial charge in [-0.05, 0) is 81.7 Å². The van der Waals surface area contributed by atoms with Gasteiger partial charge in [0, 0.05) is 18.5 Å². The maximum absolute atomic E-state index is 11.7. The van der Waals surface area contributed by atoms with Crippen molar-refractivity contribution in [3.05, 3.63) is 0 Å². The first-order valence-electron chi connectivity index (χ1n) is 9.13. The third kappa shape index (κ3) is 1.99. The Balaban J connectivity index is 1.74. The average Bonchev–Trinajstić information content (AvgIpc) is 2.41. The lowest BCUT2D eigenvalue weighted by Gasteiger charge is -2.68. The smallest absolute Gasteiger partial charge is 0.217 e. The maximum atomic E-state index is 11.7. The Labute approximate surface area is 128 Å². The molecular weight excluding hydrogens is 260 g/mol. The molecule has 3 nitrogen and oxygen atoms in total. The van der Waals surface area contributed by atoms with Crippen molar-refractivity contribution in [2.45, 2.75) is 70.4 Å². The largest absolute Gasteiger partial charge is 0.353 e. The van der Waals surface area contributed by atoms with Crippen molar-refractivity contribution >= 4 is 5.91 Å². The molecule has 0 aromatic rings. The van der Waals surface area contributed by atoms with Gasteiger partial charge in [-0.3, -0.25) is 9.69 Å². The SMILES string of the molecule is CC(=O)N[C@@H]1C[C@@H]2CC(C)C[C@]34[C@@H]2CCCN3CCC[C@H]14. The van der Waals surface area contributed by atoms with Crippen LogP contribution in [0.1, 0.15) is 58.8 Å². The lowest BCUT2D eigenvalue weighted by atomic mass is 9.47. The fraction of sp³-hybridized carbons (Fsp3) is 0.944. The van der Waals surface area contributed by atoms with Gasteiger partial charge in [0.25, 0.3) is 0 Å². The molecule has 2 heterocycles. The Morgan fingerprint density at radius 2 is 1.86 bits per heavy atom. The van der Waals surface area contributed by atoms with E-state index in [1.807, 2.05) is 0 Å². The van der Waals surface area contributed by atoms with E-state index in [2.05, 4.69) is 17.1 Å². The highest BCUT2D eigenvalue weighted by molar-refractivity contribution is 5.73. The molecule has 0 aromatic carbocycles. The summed E-state index contributed by atoms with van der Waals surface area (Å²) in [6.45, 7) is 6.78. The first-order valence-corrected chi connectivity index (χ1v) is 9.13. The van der Waals surface area contributed by atoms with Gasteiger partial charge >= 0.3 is 0 Å². The molecule has 0 radical (unpaired) electrons. The van der Waals surface area contributed by atoms with E-state index < -0.39 is 0 Å². The Bertz CT molecular complexity index is 435. The first-order chi connectivity index (χ1) is 10.1. The molecule has 2 saturated heterocycles. The molecule has 2 saturated carbocycles. The van der Waals surface area contributed by atoms with E-state index in [9.17, 15) is 4.79 Å². The number of carbonyl (C=O) groups excluding carboxylic acids is 1. The minimum absolute atomic E-state index is 0.175. The van der Waals surface area contributed by atoms with E-state index in [1.54, 1.807) is 6.92 Å². The van der Waals surface area contributed by atoms with Gasteiger partial charge in [-0.15, -0.1) is 0 Å². The maximum Gasteiger partial charge on any atom is 0.217 e. The second-order valence-electron chi connectivity index (χ2n) is 8.32. The molecule has 6 atom stereocenters. The molecule has 2 bridgehead atoms. The number of amides is 1. The minimum atomic E-state index is 0.175. The summed E-state index contributed by atoms with van der Waals surface area (Å²) in [5, 5.41) is 3.34. The molecule has 1 N–H and O–H groups in total. The van der Waals surface area contributed by atoms with Crippen LogP contribution in [0.15, 0.2) is 0 Å². The van der Waals surface area contributed by atoms with E-state index in [0.717, 1.165) is 17.8 Å². The van der Waals surface area contributed by atoms with Crippen molar-refractivity contribution in [2.75, 3.05) is 13.1 Å². The molecule has 1 spiro atoms. The van der Waals surface area contributed by atoms with E-state index in [4.69, 9.17) is 0 Å². The number of nitrogens with one attached hydrogen (secondary N) is 1. The molecule has 4 aliphatic rings. The molecule has 21 heavy (non-hydrogen) atoms. The molecule has 1 amide bonds. The third-order valence-corrected chi connectivity index (χ3v) is 7.14. The molecule has 3 heteroatoms. The van der Waals surface area contributed by atoms with Crippen LogP contribution in [-0.4, -0.2) is 35.5 Å². The van der Waals surface area contributed by atoms with E-state index in [0.29, 0.717) is 17.5 Å². The predicted molar refractivity (Wildman–Crippen MR) is 83.9 cm³/mol. The van der Waals surface area contributed by atoms with Crippen molar-refractivity contribution in [3.63, 3.8) is 0 Å². The van der Waals surface area contributed by atoms with Gasteiger partial charge in [-0.1, -0.05) is 6.92 Å². The molecule has 2 aliphatic heterocycles. The summed E-state index contributed by atoms with van der Waals surface area (Å²) in [7, 11) is 0. The van der Waals surface area contributed by atoms with Gasteiger partial charge in [0.15, 0.2) is 0 Å². The molecular formula is C18H30N2O. The van der Waals surface area contributed by atoms with Crippen LogP contribution in [0.25, 0.3) is 0 Å². The Morgan fingerprint density at radius 1 is 1.14 bits per heavy atom. The fourth-order valence-electron chi connectivity index (χ4n) is 6.90. The number of carbonyl (C=O) groups is 1. The zero-order valence-electron chi connectivity index (χ0n) is 13.6. The van der Waals surface area contributed by atoms with Crippen LogP contribution in [0, 0.1) is 23.7 Å². The monoisotopic (exact) mass is 290 g/mol. The minimum Gasteiger partial charge on any atom is -0.353 e. The van der Waals surface area contributed by atoms with Crippen LogP contribution in [0.3, 0.4) is 0 Å². The number of piperidine rings is 2. The number of hydrogen-bond donors (Lipinski definition) is 1. The van der Waals surface area contributed by atoms with Crippen LogP contribution in [0.2, 0.25) is 0 Å². The van der Waals surface area contributed by atoms with Crippen molar-refractivity contribution in [2.24, 2.45) is 23.7 Å². The second kappa shape index (κ2) is 4.97. The Morgan fingerprint density at radius 3 is 2.57 bits per heavy atom. The molecule has 2 aliphatic carbocycles. The lowest BCUT2D eigenvalue weighted by Crippen LogP contribution is -2.73. The highest BCUT2D eigenvalue weighted by Gasteiger charge is 2.62. The lowest BCUT2D eigenvalue weighted by molar-refractivity contribution is -0.169. The summed E-state index contributed by atoms with van der Waals surface area (Å²) in [6.07, 6.45) is 9.52. The van der Waals surface area contributed by atoms with Gasteiger partial charge in [0.2, 0.25) is 5.91 Å². The van der Waals surface area contributed by atoms with Gasteiger partial charge < -0.3 is 5.32 Å². The highest BCUT2D eigenvalue weighted by Crippen LogP contribution is 2.60. The average molecular weight is 290 g/mol. The summed E-state index contributed by atoms with van der Waals surface area (Å²) >= 11 is 0. The topological polar surface area (TPSA) is 32.3 Å². The van der Waals surface area contributed by atoms with Gasteiger partial charge in [-0.25, -0.2) is 0 Å². The third-order valence-electron chi connectivity index (χ3n) is 7.14. The van der Waals surface area contributed by atoms with Gasteiger partial charge in [0.1, 0.15) is 0 Å². The van der Waals surface area contributed by atoms with Crippen LogP contribution < -0.4 is 5.32 Å². The second-order valence-corrected chi connectivity index (χ2v) is 8.32. The number of hydrogen-bond acceptors (Lipinski definition) is 2. The Kier molecular flexibility index (Phi) is 3.33. The first kappa shape index (κ1) is 14.0. The summed E-state index contributed by atoms with van der Waals surface area (Å²) in [6, 6.07) is 0.442. The van der Waals surface area contributed by atoms with E-state index in [1.165, 1.54) is 58.0 Å². The van der Waals surface area contributed by atoms with Crippen LogP contribution in [-0.2, 0) is 4.79 Å². The van der Waals surface area contributed by atoms with Gasteiger partial charge in [0.05, 0.1) is 0 Å². The van der Waals surface area contributed by atoms with Crippen molar-refractivity contribution in [1.29, 1.82) is 0 Å². The molecule has 0 aromatic heterocycles. The summed E-state index contributed by atoms with van der Waals surface area (Å²) in [5.74, 6) is 3.51. The summed E-state index contributed by atoms with van der Waals surface area (Å²) in [4.78, 5) is 14.6. The van der Waals surface area contributed by atoms with Crippen molar-refractivity contribution < 1.29 is 4.79 Å². The van der Waals surface area contributed by atoms with Crippen molar-refractivity contribution in [1.82, 2.24) is 10.2 Å². The molecule has 4 fully saturated rings. The predicted octanol–water partition coefficient (Wildman–Crippen LogP) is 2.80. The summed E-state index contributed by atoms with van der Waals surface area (Å²) < 4.78 is 0. The standard InChI is InChI=1S/C18H30N2O/c1-12-9-14-10-17(19-13(2)21)16-6-4-8-20-7-3-5-15(14)18(16,20)11-12/h12,14-17H,3-11H2,1-2H3,(H,19,21)/t12?,14-,15+,16+,17+,18+/m0/s1. The van der Waals surface area contributed by atoms with E-state index >= 15 is 0 Å². The van der Waals surface area contributed by atoms with Crippen LogP contribution in [0.5, 0.6) is 0 Å². The zero-order chi connectivity index (χ0) is 14.6. The zero-order valence-corrected chi connectivity index (χ0v) is 13.6. The normalized spacial score (nSPS) is 49.3. The molecule has 118 valence electrons. The highest BCUT2D eigenvalue weighted by atomic mass is 16.1. The quantitative estimate of drug-likeness (QED) is 0.805. The molecule has 4 rings (SSSR count).